The minimum Gasteiger partial charge on any atom is -0.364 e. The maximum absolute atomic E-state index is 11.7. The van der Waals surface area contributed by atoms with Gasteiger partial charge in [0.2, 0.25) is 10.0 Å². The number of benzene rings is 3. The molecule has 5 aromatic rings. The highest BCUT2D eigenvalue weighted by atomic mass is 35.5. The Morgan fingerprint density at radius 2 is 1.57 bits per heavy atom. The molecule has 0 spiro atoms. The van der Waals surface area contributed by atoms with Crippen LogP contribution < -0.4 is 10.5 Å². The maximum Gasteiger partial charge on any atom is 0.238 e. The summed E-state index contributed by atoms with van der Waals surface area (Å²) in [7, 11) is -3.80. The average molecular weight is 501 g/mol. The molecule has 0 saturated carbocycles. The van der Waals surface area contributed by atoms with E-state index in [0.717, 1.165) is 33.2 Å². The summed E-state index contributed by atoms with van der Waals surface area (Å²) < 4.78 is 23.4. The molecule has 3 aromatic carbocycles. The molecule has 0 fully saturated rings. The van der Waals surface area contributed by atoms with E-state index in [9.17, 15) is 8.42 Å². The van der Waals surface area contributed by atoms with E-state index in [0.29, 0.717) is 23.1 Å². The van der Waals surface area contributed by atoms with Crippen LogP contribution in [0.25, 0.3) is 33.0 Å². The van der Waals surface area contributed by atoms with E-state index in [-0.39, 0.29) is 4.90 Å². The number of hydrogen-bond donors (Lipinski definition) is 2. The van der Waals surface area contributed by atoms with Crippen molar-refractivity contribution in [3.05, 3.63) is 108 Å². The molecule has 174 valence electrons. The molecule has 0 atom stereocenters. The van der Waals surface area contributed by atoms with Crippen LogP contribution in [0.5, 0.6) is 0 Å². The Kier molecular flexibility index (Phi) is 6.21. The summed E-state index contributed by atoms with van der Waals surface area (Å²) in [5.41, 5.74) is 4.36. The van der Waals surface area contributed by atoms with Crippen LogP contribution in [0, 0.1) is 0 Å². The summed E-state index contributed by atoms with van der Waals surface area (Å²) in [5, 5.41) is 10.8. The van der Waals surface area contributed by atoms with Gasteiger partial charge in [0.15, 0.2) is 0 Å². The Bertz CT molecular complexity index is 1610. The van der Waals surface area contributed by atoms with Crippen molar-refractivity contribution in [2.75, 3.05) is 5.32 Å². The van der Waals surface area contributed by atoms with Gasteiger partial charge in [-0.2, -0.15) is 0 Å². The highest BCUT2D eigenvalue weighted by Gasteiger charge is 2.18. The molecule has 0 radical (unpaired) electrons. The van der Waals surface area contributed by atoms with Crippen LogP contribution in [0.1, 0.15) is 5.69 Å². The zero-order chi connectivity index (χ0) is 24.4. The van der Waals surface area contributed by atoms with Gasteiger partial charge in [-0.05, 0) is 46.3 Å². The van der Waals surface area contributed by atoms with Gasteiger partial charge in [-0.3, -0.25) is 4.98 Å². The fourth-order valence-electron chi connectivity index (χ4n) is 4.09. The van der Waals surface area contributed by atoms with Crippen LogP contribution in [0.4, 0.5) is 5.82 Å². The third-order valence-electron chi connectivity index (χ3n) is 5.71. The fourth-order valence-corrected chi connectivity index (χ4v) is 4.90. The topological polar surface area (TPSA) is 98.0 Å². The van der Waals surface area contributed by atoms with E-state index in [1.165, 1.54) is 12.1 Å². The number of aromatic nitrogens is 2. The van der Waals surface area contributed by atoms with Gasteiger partial charge in [0.25, 0.3) is 0 Å². The molecule has 0 unspecified atom stereocenters. The molecule has 5 rings (SSSR count). The number of nitrogens with one attached hydrogen (secondary N) is 1. The summed E-state index contributed by atoms with van der Waals surface area (Å²) in [6, 6.07) is 28.2. The zero-order valence-electron chi connectivity index (χ0n) is 18.5. The van der Waals surface area contributed by atoms with Gasteiger partial charge < -0.3 is 5.32 Å². The number of nitrogens with two attached hydrogens (primary N) is 1. The van der Waals surface area contributed by atoms with E-state index < -0.39 is 10.0 Å². The van der Waals surface area contributed by atoms with Gasteiger partial charge in [-0.15, -0.1) is 0 Å². The second kappa shape index (κ2) is 9.46. The highest BCUT2D eigenvalue weighted by molar-refractivity contribution is 7.89. The molecule has 0 bridgehead atoms. The first-order valence-corrected chi connectivity index (χ1v) is 12.8. The van der Waals surface area contributed by atoms with Crippen molar-refractivity contribution >= 4 is 38.2 Å². The molecule has 6 nitrogen and oxygen atoms in total. The second-order valence-electron chi connectivity index (χ2n) is 7.96. The van der Waals surface area contributed by atoms with E-state index in [1.807, 2.05) is 66.7 Å². The molecule has 0 amide bonds. The SMILES string of the molecule is NS(=O)(=O)c1ccc(-c2c(Cl)nc(NCc3ccccn3)c3c(-c4ccccc4)cccc23)cc1. The molecule has 35 heavy (non-hydrogen) atoms. The van der Waals surface area contributed by atoms with Gasteiger partial charge in [-0.1, -0.05) is 78.3 Å². The van der Waals surface area contributed by atoms with Gasteiger partial charge in [0.1, 0.15) is 11.0 Å². The largest absolute Gasteiger partial charge is 0.364 e. The van der Waals surface area contributed by atoms with Gasteiger partial charge >= 0.3 is 0 Å². The van der Waals surface area contributed by atoms with Gasteiger partial charge in [0, 0.05) is 17.1 Å². The van der Waals surface area contributed by atoms with Crippen molar-refractivity contribution in [3.63, 3.8) is 0 Å². The second-order valence-corrected chi connectivity index (χ2v) is 9.88. The lowest BCUT2D eigenvalue weighted by Gasteiger charge is -2.17. The Hall–Kier alpha value is -3.78. The van der Waals surface area contributed by atoms with Crippen LogP contribution in [0.2, 0.25) is 5.15 Å². The van der Waals surface area contributed by atoms with E-state index in [1.54, 1.807) is 18.3 Å². The van der Waals surface area contributed by atoms with Crippen LogP contribution in [-0.4, -0.2) is 18.4 Å². The van der Waals surface area contributed by atoms with Gasteiger partial charge in [0.05, 0.1) is 17.1 Å². The molecular weight excluding hydrogens is 480 g/mol. The zero-order valence-corrected chi connectivity index (χ0v) is 20.1. The summed E-state index contributed by atoms with van der Waals surface area (Å²) in [6.07, 6.45) is 1.75. The van der Waals surface area contributed by atoms with E-state index in [4.69, 9.17) is 21.7 Å². The molecule has 8 heteroatoms. The van der Waals surface area contributed by atoms with Crippen molar-refractivity contribution < 1.29 is 8.42 Å². The summed E-state index contributed by atoms with van der Waals surface area (Å²) in [5.74, 6) is 0.639. The molecular formula is C27H21ClN4O2S. The highest BCUT2D eigenvalue weighted by Crippen LogP contribution is 2.41. The fraction of sp³-hybridized carbons (Fsp3) is 0.0370. The number of fused-ring (bicyclic) bond motifs is 1. The van der Waals surface area contributed by atoms with Crippen molar-refractivity contribution in [2.24, 2.45) is 5.14 Å². The first kappa shape index (κ1) is 23.0. The number of anilines is 1. The first-order valence-electron chi connectivity index (χ1n) is 10.9. The predicted molar refractivity (Wildman–Crippen MR) is 141 cm³/mol. The number of sulfonamides is 1. The molecule has 2 heterocycles. The summed E-state index contributed by atoms with van der Waals surface area (Å²) in [4.78, 5) is 9.16. The molecule has 0 aliphatic carbocycles. The third kappa shape index (κ3) is 4.74. The Balaban J connectivity index is 1.72. The minimum atomic E-state index is -3.80. The van der Waals surface area contributed by atoms with Crippen LogP contribution in [0.15, 0.2) is 102 Å². The van der Waals surface area contributed by atoms with Crippen LogP contribution in [-0.2, 0) is 16.6 Å². The predicted octanol–water partition coefficient (Wildman–Crippen LogP) is 5.88. The Labute approximate surface area is 208 Å². The average Bonchev–Trinajstić information content (AvgIpc) is 2.87. The lowest BCUT2D eigenvalue weighted by Crippen LogP contribution is -2.11. The quantitative estimate of drug-likeness (QED) is 0.284. The van der Waals surface area contributed by atoms with Crippen LogP contribution >= 0.6 is 11.6 Å². The van der Waals surface area contributed by atoms with Crippen molar-refractivity contribution in [1.82, 2.24) is 9.97 Å². The lowest BCUT2D eigenvalue weighted by atomic mass is 9.94. The number of rotatable bonds is 6. The lowest BCUT2D eigenvalue weighted by molar-refractivity contribution is 0.598. The molecule has 0 saturated heterocycles. The minimum absolute atomic E-state index is 0.0354. The first-order chi connectivity index (χ1) is 16.9. The van der Waals surface area contributed by atoms with Gasteiger partial charge in [-0.25, -0.2) is 18.5 Å². The standard InChI is InChI=1S/C27H21ClN4O2S/c28-26-24(19-12-14-21(15-13-19)35(29,33)34)23-11-6-10-22(18-7-2-1-3-8-18)25(23)27(32-26)31-17-20-9-4-5-16-30-20/h1-16H,17H2,(H,31,32)(H2,29,33,34). The Morgan fingerprint density at radius 3 is 2.26 bits per heavy atom. The number of pyridine rings is 2. The summed E-state index contributed by atoms with van der Waals surface area (Å²) >= 11 is 6.74. The molecule has 0 aliphatic rings. The number of primary sulfonamides is 1. The molecule has 0 aliphatic heterocycles. The van der Waals surface area contributed by atoms with Crippen molar-refractivity contribution in [3.8, 4) is 22.3 Å². The number of hydrogen-bond acceptors (Lipinski definition) is 5. The number of nitrogens with zero attached hydrogens (tertiary/aromatic N) is 2. The Morgan fingerprint density at radius 1 is 0.829 bits per heavy atom. The third-order valence-corrected chi connectivity index (χ3v) is 6.91. The summed E-state index contributed by atoms with van der Waals surface area (Å²) in [6.45, 7) is 0.477. The smallest absolute Gasteiger partial charge is 0.238 e. The molecule has 3 N–H and O–H groups in total. The van der Waals surface area contributed by atoms with Crippen molar-refractivity contribution in [2.45, 2.75) is 11.4 Å². The number of halogens is 1. The normalized spacial score (nSPS) is 11.5. The van der Waals surface area contributed by atoms with Crippen molar-refractivity contribution in [1.29, 1.82) is 0 Å². The molecule has 2 aromatic heterocycles. The van der Waals surface area contributed by atoms with E-state index in [2.05, 4.69) is 10.3 Å². The van der Waals surface area contributed by atoms with Crippen LogP contribution in [0.3, 0.4) is 0 Å². The monoisotopic (exact) mass is 500 g/mol. The maximum atomic E-state index is 11.7. The van der Waals surface area contributed by atoms with E-state index >= 15 is 0 Å².